The lowest BCUT2D eigenvalue weighted by Gasteiger charge is -2.15. The lowest BCUT2D eigenvalue weighted by molar-refractivity contribution is -0.176. The van der Waals surface area contributed by atoms with Gasteiger partial charge in [0.1, 0.15) is 6.61 Å². The van der Waals surface area contributed by atoms with Gasteiger partial charge < -0.3 is 24.8 Å². The summed E-state index contributed by atoms with van der Waals surface area (Å²) in [5, 5.41) is 6.34. The molecule has 0 aliphatic carbocycles. The van der Waals surface area contributed by atoms with E-state index < -0.39 is 12.8 Å². The van der Waals surface area contributed by atoms with E-state index in [1.165, 1.54) is 0 Å². The molecule has 0 saturated carbocycles. The standard InChI is InChI=1S/C21H26F3N3O3.HI/c1-4-30-19-11-17(8-9-18(19)28-3)27-20(25-2)26-12-15-6-5-7-16(10-15)13-29-14-21(22,23)24;/h5-11H,4,12-14H2,1-3H3,(H2,25,26,27);1H. The number of ether oxygens (including phenoxy) is 3. The molecular weight excluding hydrogens is 526 g/mol. The van der Waals surface area contributed by atoms with Crippen LogP contribution in [0.1, 0.15) is 18.1 Å². The quantitative estimate of drug-likeness (QED) is 0.261. The zero-order valence-electron chi connectivity index (χ0n) is 17.6. The van der Waals surface area contributed by atoms with Gasteiger partial charge in [0.2, 0.25) is 0 Å². The maximum Gasteiger partial charge on any atom is 0.411 e. The van der Waals surface area contributed by atoms with Crippen LogP contribution in [0.3, 0.4) is 0 Å². The van der Waals surface area contributed by atoms with Gasteiger partial charge in [0, 0.05) is 25.3 Å². The van der Waals surface area contributed by atoms with Crippen LogP contribution >= 0.6 is 24.0 Å². The van der Waals surface area contributed by atoms with Crippen molar-refractivity contribution < 1.29 is 27.4 Å². The number of rotatable bonds is 9. The molecule has 0 amide bonds. The van der Waals surface area contributed by atoms with Crippen molar-refractivity contribution in [2.24, 2.45) is 4.99 Å². The molecule has 0 fully saturated rings. The monoisotopic (exact) mass is 553 g/mol. The van der Waals surface area contributed by atoms with E-state index in [0.717, 1.165) is 11.3 Å². The Morgan fingerprint density at radius 3 is 2.45 bits per heavy atom. The number of guanidine groups is 1. The van der Waals surface area contributed by atoms with Gasteiger partial charge >= 0.3 is 6.18 Å². The molecule has 2 aromatic rings. The summed E-state index contributed by atoms with van der Waals surface area (Å²) < 4.78 is 52.2. The third-order valence-electron chi connectivity index (χ3n) is 3.94. The van der Waals surface area contributed by atoms with Crippen LogP contribution in [0.2, 0.25) is 0 Å². The largest absolute Gasteiger partial charge is 0.493 e. The number of halogens is 4. The SMILES string of the molecule is CCOc1cc(NC(=NC)NCc2cccc(COCC(F)(F)F)c2)ccc1OC.I. The van der Waals surface area contributed by atoms with Gasteiger partial charge in [-0.2, -0.15) is 13.2 Å². The van der Waals surface area contributed by atoms with E-state index in [1.54, 1.807) is 38.4 Å². The third kappa shape index (κ3) is 9.64. The molecule has 6 nitrogen and oxygen atoms in total. The number of alkyl halides is 3. The van der Waals surface area contributed by atoms with Crippen LogP contribution in [0.4, 0.5) is 18.9 Å². The van der Waals surface area contributed by atoms with E-state index >= 15 is 0 Å². The summed E-state index contributed by atoms with van der Waals surface area (Å²) in [5.41, 5.74) is 2.32. The van der Waals surface area contributed by atoms with E-state index in [9.17, 15) is 13.2 Å². The highest BCUT2D eigenvalue weighted by atomic mass is 127. The average molecular weight is 553 g/mol. The minimum absolute atomic E-state index is 0. The van der Waals surface area contributed by atoms with Crippen molar-refractivity contribution in [3.8, 4) is 11.5 Å². The molecule has 0 bridgehead atoms. The molecule has 0 spiro atoms. The predicted molar refractivity (Wildman–Crippen MR) is 126 cm³/mol. The van der Waals surface area contributed by atoms with Crippen molar-refractivity contribution in [2.75, 3.05) is 32.7 Å². The molecule has 2 rings (SSSR count). The molecule has 0 aromatic heterocycles. The second-order valence-corrected chi connectivity index (χ2v) is 6.28. The van der Waals surface area contributed by atoms with E-state index in [1.807, 2.05) is 25.1 Å². The first-order valence-electron chi connectivity index (χ1n) is 9.35. The highest BCUT2D eigenvalue weighted by molar-refractivity contribution is 14.0. The first kappa shape index (κ1) is 26.8. The summed E-state index contributed by atoms with van der Waals surface area (Å²) >= 11 is 0. The van der Waals surface area contributed by atoms with E-state index in [2.05, 4.69) is 15.6 Å². The number of benzene rings is 2. The molecule has 0 radical (unpaired) electrons. The van der Waals surface area contributed by atoms with Gasteiger partial charge in [0.15, 0.2) is 17.5 Å². The fourth-order valence-electron chi connectivity index (χ4n) is 2.64. The Morgan fingerprint density at radius 1 is 1.06 bits per heavy atom. The molecule has 0 aliphatic rings. The van der Waals surface area contributed by atoms with Crippen LogP contribution in [-0.2, 0) is 17.9 Å². The molecule has 2 aromatic carbocycles. The Labute approximate surface area is 197 Å². The van der Waals surface area contributed by atoms with Gasteiger partial charge in [0.25, 0.3) is 0 Å². The average Bonchev–Trinajstić information content (AvgIpc) is 2.71. The van der Waals surface area contributed by atoms with Gasteiger partial charge in [-0.05, 0) is 30.2 Å². The molecule has 0 heterocycles. The number of nitrogens with zero attached hydrogens (tertiary/aromatic N) is 1. The van der Waals surface area contributed by atoms with Gasteiger partial charge in [-0.25, -0.2) is 0 Å². The van der Waals surface area contributed by atoms with E-state index in [4.69, 9.17) is 14.2 Å². The number of hydrogen-bond donors (Lipinski definition) is 2. The van der Waals surface area contributed by atoms with Crippen LogP contribution in [0, 0.1) is 0 Å². The van der Waals surface area contributed by atoms with Crippen molar-refractivity contribution in [3.05, 3.63) is 53.6 Å². The number of nitrogens with one attached hydrogen (secondary N) is 2. The van der Waals surface area contributed by atoms with Crippen LogP contribution in [0.15, 0.2) is 47.5 Å². The number of aliphatic imine (C=N–C) groups is 1. The molecule has 0 saturated heterocycles. The van der Waals surface area contributed by atoms with Crippen molar-refractivity contribution in [2.45, 2.75) is 26.3 Å². The summed E-state index contributed by atoms with van der Waals surface area (Å²) in [6.45, 7) is 1.46. The van der Waals surface area contributed by atoms with Gasteiger partial charge in [-0.3, -0.25) is 4.99 Å². The molecule has 0 unspecified atom stereocenters. The summed E-state index contributed by atoms with van der Waals surface area (Å²) in [6, 6.07) is 12.6. The third-order valence-corrected chi connectivity index (χ3v) is 3.94. The van der Waals surface area contributed by atoms with Crippen LogP contribution in [0.25, 0.3) is 0 Å². The normalized spacial score (nSPS) is 11.5. The summed E-state index contributed by atoms with van der Waals surface area (Å²) in [5.74, 6) is 1.78. The Morgan fingerprint density at radius 2 is 1.81 bits per heavy atom. The highest BCUT2D eigenvalue weighted by Crippen LogP contribution is 2.30. The van der Waals surface area contributed by atoms with Gasteiger partial charge in [0.05, 0.1) is 20.3 Å². The van der Waals surface area contributed by atoms with Crippen molar-refractivity contribution >= 4 is 35.6 Å². The zero-order chi connectivity index (χ0) is 22.0. The van der Waals surface area contributed by atoms with Crippen LogP contribution in [0.5, 0.6) is 11.5 Å². The molecule has 31 heavy (non-hydrogen) atoms. The summed E-state index contributed by atoms with van der Waals surface area (Å²) in [7, 11) is 3.22. The maximum atomic E-state index is 12.2. The summed E-state index contributed by atoms with van der Waals surface area (Å²) in [6.07, 6.45) is -4.33. The van der Waals surface area contributed by atoms with E-state index in [0.29, 0.717) is 36.2 Å². The first-order chi connectivity index (χ1) is 14.3. The smallest absolute Gasteiger partial charge is 0.411 e. The van der Waals surface area contributed by atoms with Crippen LogP contribution in [-0.4, -0.2) is 39.5 Å². The minimum Gasteiger partial charge on any atom is -0.493 e. The van der Waals surface area contributed by atoms with Gasteiger partial charge in [-0.1, -0.05) is 24.3 Å². The molecular formula is C21H27F3IN3O3. The second-order valence-electron chi connectivity index (χ2n) is 6.28. The predicted octanol–water partition coefficient (Wildman–Crippen LogP) is 4.98. The van der Waals surface area contributed by atoms with E-state index in [-0.39, 0.29) is 30.6 Å². The number of anilines is 1. The lowest BCUT2D eigenvalue weighted by Crippen LogP contribution is -2.30. The minimum atomic E-state index is -4.33. The number of methoxy groups -OCH3 is 1. The van der Waals surface area contributed by atoms with Gasteiger partial charge in [-0.15, -0.1) is 24.0 Å². The maximum absolute atomic E-state index is 12.2. The Hall–Kier alpha value is -2.21. The second kappa shape index (κ2) is 13.3. The fraction of sp³-hybridized carbons (Fsp3) is 0.381. The fourth-order valence-corrected chi connectivity index (χ4v) is 2.64. The molecule has 0 aliphatic heterocycles. The first-order valence-corrected chi connectivity index (χ1v) is 9.35. The molecule has 172 valence electrons. The molecule has 2 N–H and O–H groups in total. The Balaban J connectivity index is 0.00000480. The topological polar surface area (TPSA) is 64.1 Å². The zero-order valence-corrected chi connectivity index (χ0v) is 19.9. The summed E-state index contributed by atoms with van der Waals surface area (Å²) in [4.78, 5) is 4.19. The Kier molecular flexibility index (Phi) is 11.5. The van der Waals surface area contributed by atoms with Crippen molar-refractivity contribution in [3.63, 3.8) is 0 Å². The van der Waals surface area contributed by atoms with Crippen molar-refractivity contribution in [1.82, 2.24) is 5.32 Å². The Bertz CT molecular complexity index is 848. The van der Waals surface area contributed by atoms with Crippen LogP contribution < -0.4 is 20.1 Å². The molecule has 10 heteroatoms. The molecule has 0 atom stereocenters. The lowest BCUT2D eigenvalue weighted by atomic mass is 10.1. The van der Waals surface area contributed by atoms with Crippen molar-refractivity contribution in [1.29, 1.82) is 0 Å². The number of hydrogen-bond acceptors (Lipinski definition) is 4. The highest BCUT2D eigenvalue weighted by Gasteiger charge is 2.27.